The molecule has 0 saturated carbocycles. The second-order valence-corrected chi connectivity index (χ2v) is 3.13. The van der Waals surface area contributed by atoms with Crippen LogP contribution in [0.5, 0.6) is 5.75 Å². The largest absolute Gasteiger partial charge is 0.496 e. The van der Waals surface area contributed by atoms with Gasteiger partial charge in [-0.1, -0.05) is 0 Å². The highest BCUT2D eigenvalue weighted by atomic mass is 19.1. The molecule has 0 aliphatic carbocycles. The Morgan fingerprint density at radius 3 is 2.73 bits per heavy atom. The smallest absolute Gasteiger partial charge is 0.133 e. The van der Waals surface area contributed by atoms with E-state index in [0.29, 0.717) is 24.8 Å². The van der Waals surface area contributed by atoms with Gasteiger partial charge >= 0.3 is 0 Å². The van der Waals surface area contributed by atoms with Crippen molar-refractivity contribution in [1.29, 1.82) is 0 Å². The van der Waals surface area contributed by atoms with Crippen LogP contribution in [0.2, 0.25) is 0 Å². The van der Waals surface area contributed by atoms with Crippen molar-refractivity contribution in [2.24, 2.45) is 0 Å². The van der Waals surface area contributed by atoms with Gasteiger partial charge in [0, 0.05) is 24.1 Å². The van der Waals surface area contributed by atoms with Crippen LogP contribution in [0.1, 0.15) is 18.4 Å². The van der Waals surface area contributed by atoms with Gasteiger partial charge in [0.2, 0.25) is 0 Å². The molecule has 2 nitrogen and oxygen atoms in total. The molecule has 0 unspecified atom stereocenters. The zero-order chi connectivity index (χ0) is 11.3. The lowest BCUT2D eigenvalue weighted by Gasteiger charge is -2.08. The SMILES string of the molecule is COc1cc(F)cc(F)c1CCCC=O. The molecule has 0 amide bonds. The van der Waals surface area contributed by atoms with E-state index >= 15 is 0 Å². The molecule has 82 valence electrons. The van der Waals surface area contributed by atoms with Crippen LogP contribution in [0.4, 0.5) is 8.78 Å². The van der Waals surface area contributed by atoms with Crippen molar-refractivity contribution < 1.29 is 18.3 Å². The van der Waals surface area contributed by atoms with Crippen LogP contribution >= 0.6 is 0 Å². The van der Waals surface area contributed by atoms with E-state index in [1.807, 2.05) is 0 Å². The normalized spacial score (nSPS) is 10.1. The summed E-state index contributed by atoms with van der Waals surface area (Å²) in [5.41, 5.74) is 0.320. The van der Waals surface area contributed by atoms with Crippen LogP contribution in [0.15, 0.2) is 12.1 Å². The highest BCUT2D eigenvalue weighted by Gasteiger charge is 2.11. The highest BCUT2D eigenvalue weighted by Crippen LogP contribution is 2.24. The number of halogens is 2. The van der Waals surface area contributed by atoms with Gasteiger partial charge in [0.15, 0.2) is 0 Å². The van der Waals surface area contributed by atoms with Crippen molar-refractivity contribution in [1.82, 2.24) is 0 Å². The van der Waals surface area contributed by atoms with Crippen molar-refractivity contribution >= 4 is 6.29 Å². The van der Waals surface area contributed by atoms with Crippen LogP contribution in [0.3, 0.4) is 0 Å². The van der Waals surface area contributed by atoms with Crippen molar-refractivity contribution in [2.45, 2.75) is 19.3 Å². The maximum absolute atomic E-state index is 13.3. The summed E-state index contributed by atoms with van der Waals surface area (Å²) in [4.78, 5) is 10.1. The number of unbranched alkanes of at least 4 members (excludes halogenated alkanes) is 1. The Bertz CT molecular complexity index is 351. The molecule has 1 aromatic carbocycles. The van der Waals surface area contributed by atoms with Gasteiger partial charge in [-0.2, -0.15) is 0 Å². The molecule has 0 saturated heterocycles. The number of methoxy groups -OCH3 is 1. The predicted octanol–water partition coefficient (Wildman–Crippen LogP) is 2.50. The third-order valence-corrected chi connectivity index (χ3v) is 2.09. The number of hydrogen-bond acceptors (Lipinski definition) is 2. The first-order valence-electron chi connectivity index (χ1n) is 4.64. The van der Waals surface area contributed by atoms with Gasteiger partial charge in [0.05, 0.1) is 7.11 Å². The summed E-state index contributed by atoms with van der Waals surface area (Å²) < 4.78 is 31.0. The number of ether oxygens (including phenoxy) is 1. The Hall–Kier alpha value is -1.45. The molecule has 0 aromatic heterocycles. The molecule has 4 heteroatoms. The lowest BCUT2D eigenvalue weighted by Crippen LogP contribution is -1.98. The molecule has 1 rings (SSSR count). The third kappa shape index (κ3) is 3.01. The fourth-order valence-electron chi connectivity index (χ4n) is 1.37. The highest BCUT2D eigenvalue weighted by molar-refractivity contribution is 5.49. The Morgan fingerprint density at radius 2 is 2.13 bits per heavy atom. The number of hydrogen-bond donors (Lipinski definition) is 0. The maximum atomic E-state index is 13.3. The lowest BCUT2D eigenvalue weighted by molar-refractivity contribution is -0.107. The third-order valence-electron chi connectivity index (χ3n) is 2.09. The summed E-state index contributed by atoms with van der Waals surface area (Å²) in [6.07, 6.45) is 2.03. The summed E-state index contributed by atoms with van der Waals surface area (Å²) in [5.74, 6) is -1.10. The van der Waals surface area contributed by atoms with E-state index < -0.39 is 11.6 Å². The molecule has 0 atom stereocenters. The summed E-state index contributed by atoms with van der Waals surface area (Å²) in [5, 5.41) is 0. The Balaban J connectivity index is 2.88. The number of carbonyl (C=O) groups excluding carboxylic acids is 1. The zero-order valence-electron chi connectivity index (χ0n) is 8.43. The Kier molecular flexibility index (Phi) is 4.21. The number of benzene rings is 1. The molecule has 0 bridgehead atoms. The molecule has 0 aliphatic rings. The van der Waals surface area contributed by atoms with Crippen molar-refractivity contribution in [3.8, 4) is 5.75 Å². The Labute approximate surface area is 86.9 Å². The molecule has 1 aromatic rings. The van der Waals surface area contributed by atoms with E-state index in [9.17, 15) is 13.6 Å². The lowest BCUT2D eigenvalue weighted by atomic mass is 10.1. The van der Waals surface area contributed by atoms with Crippen molar-refractivity contribution in [2.75, 3.05) is 7.11 Å². The summed E-state index contributed by atoms with van der Waals surface area (Å²) >= 11 is 0. The molecule has 0 spiro atoms. The summed E-state index contributed by atoms with van der Waals surface area (Å²) in [6, 6.07) is 1.96. The second kappa shape index (κ2) is 5.44. The van der Waals surface area contributed by atoms with Gasteiger partial charge in [-0.3, -0.25) is 0 Å². The average Bonchev–Trinajstić information content (AvgIpc) is 2.20. The van der Waals surface area contributed by atoms with Gasteiger partial charge in [0.25, 0.3) is 0 Å². The minimum atomic E-state index is -0.663. The first-order chi connectivity index (χ1) is 7.19. The van der Waals surface area contributed by atoms with Crippen molar-refractivity contribution in [3.05, 3.63) is 29.3 Å². The predicted molar refractivity (Wildman–Crippen MR) is 51.9 cm³/mol. The van der Waals surface area contributed by atoms with E-state index in [1.54, 1.807) is 0 Å². The topological polar surface area (TPSA) is 26.3 Å². The quantitative estimate of drug-likeness (QED) is 0.556. The Morgan fingerprint density at radius 1 is 1.40 bits per heavy atom. The van der Waals surface area contributed by atoms with Gasteiger partial charge in [-0.25, -0.2) is 8.78 Å². The standard InChI is InChI=1S/C11H12F2O2/c1-15-11-7-8(12)6-10(13)9(11)4-2-3-5-14/h5-7H,2-4H2,1H3. The van der Waals surface area contributed by atoms with E-state index in [4.69, 9.17) is 4.74 Å². The fraction of sp³-hybridized carbons (Fsp3) is 0.364. The molecule has 0 aliphatic heterocycles. The fourth-order valence-corrected chi connectivity index (χ4v) is 1.37. The zero-order valence-corrected chi connectivity index (χ0v) is 8.43. The molecule has 0 heterocycles. The first kappa shape index (κ1) is 11.6. The summed E-state index contributed by atoms with van der Waals surface area (Å²) in [6.45, 7) is 0. The van der Waals surface area contributed by atoms with Gasteiger partial charge < -0.3 is 9.53 Å². The molecule has 0 N–H and O–H groups in total. The van der Waals surface area contributed by atoms with Gasteiger partial charge in [-0.15, -0.1) is 0 Å². The van der Waals surface area contributed by atoms with E-state index in [1.165, 1.54) is 7.11 Å². The molecular weight excluding hydrogens is 202 g/mol. The minimum absolute atomic E-state index is 0.193. The van der Waals surface area contributed by atoms with E-state index in [2.05, 4.69) is 0 Å². The molecular formula is C11H12F2O2. The minimum Gasteiger partial charge on any atom is -0.496 e. The maximum Gasteiger partial charge on any atom is 0.133 e. The van der Waals surface area contributed by atoms with Crippen LogP contribution in [-0.4, -0.2) is 13.4 Å². The van der Waals surface area contributed by atoms with E-state index in [-0.39, 0.29) is 5.75 Å². The van der Waals surface area contributed by atoms with E-state index in [0.717, 1.165) is 18.4 Å². The average molecular weight is 214 g/mol. The van der Waals surface area contributed by atoms with Gasteiger partial charge in [0.1, 0.15) is 23.7 Å². The number of aldehydes is 1. The van der Waals surface area contributed by atoms with Crippen LogP contribution in [0, 0.1) is 11.6 Å². The summed E-state index contributed by atoms with van der Waals surface area (Å²) in [7, 11) is 1.36. The molecule has 15 heavy (non-hydrogen) atoms. The van der Waals surface area contributed by atoms with Gasteiger partial charge in [-0.05, 0) is 12.8 Å². The van der Waals surface area contributed by atoms with Crippen LogP contribution < -0.4 is 4.74 Å². The van der Waals surface area contributed by atoms with Crippen LogP contribution in [-0.2, 0) is 11.2 Å². The molecule has 0 radical (unpaired) electrons. The number of carbonyl (C=O) groups is 1. The molecule has 0 fully saturated rings. The van der Waals surface area contributed by atoms with Crippen molar-refractivity contribution in [3.63, 3.8) is 0 Å². The number of rotatable bonds is 5. The second-order valence-electron chi connectivity index (χ2n) is 3.13. The monoisotopic (exact) mass is 214 g/mol. The van der Waals surface area contributed by atoms with Crippen LogP contribution in [0.25, 0.3) is 0 Å². The first-order valence-corrected chi connectivity index (χ1v) is 4.64.